The van der Waals surface area contributed by atoms with Gasteiger partial charge in [-0.15, -0.1) is 0 Å². The van der Waals surface area contributed by atoms with Gasteiger partial charge in [0, 0.05) is 0 Å². The van der Waals surface area contributed by atoms with Crippen LogP contribution in [0.15, 0.2) is 48.5 Å². The van der Waals surface area contributed by atoms with Gasteiger partial charge in [0.05, 0.1) is 17.2 Å². The Labute approximate surface area is 150 Å². The summed E-state index contributed by atoms with van der Waals surface area (Å²) in [7, 11) is 0. The Kier molecular flexibility index (Phi) is 6.02. The number of carbonyl (C=O) groups is 1. The Bertz CT molecular complexity index is 754. The monoisotopic (exact) mass is 391 g/mol. The molecule has 0 aliphatic carbocycles. The number of ether oxygens (including phenoxy) is 1. The Morgan fingerprint density at radius 2 is 1.48 bits per heavy atom. The van der Waals surface area contributed by atoms with Gasteiger partial charge in [0.1, 0.15) is 6.61 Å². The molecule has 0 saturated heterocycles. The SMILES string of the molecule is CC(NC(=O)OCc1ccccc1)c1cc(C(F)(F)F)cc(C(F)(F)F)c1. The number of amides is 1. The molecule has 146 valence electrons. The van der Waals surface area contributed by atoms with E-state index in [0.29, 0.717) is 17.7 Å². The van der Waals surface area contributed by atoms with Crippen molar-refractivity contribution in [2.45, 2.75) is 31.9 Å². The molecule has 0 fully saturated rings. The number of nitrogens with one attached hydrogen (secondary N) is 1. The molecule has 0 spiro atoms. The van der Waals surface area contributed by atoms with Gasteiger partial charge >= 0.3 is 18.4 Å². The second-order valence-electron chi connectivity index (χ2n) is 5.77. The third-order valence-electron chi connectivity index (χ3n) is 3.66. The summed E-state index contributed by atoms with van der Waals surface area (Å²) in [5.41, 5.74) is -2.55. The van der Waals surface area contributed by atoms with Crippen LogP contribution in [-0.2, 0) is 23.7 Å². The van der Waals surface area contributed by atoms with Crippen LogP contribution in [0.25, 0.3) is 0 Å². The molecule has 0 aromatic heterocycles. The molecule has 2 aromatic carbocycles. The van der Waals surface area contributed by atoms with Gasteiger partial charge in [-0.05, 0) is 36.2 Å². The van der Waals surface area contributed by atoms with Crippen molar-refractivity contribution in [3.63, 3.8) is 0 Å². The van der Waals surface area contributed by atoms with Crippen LogP contribution in [0.4, 0.5) is 31.1 Å². The van der Waals surface area contributed by atoms with Crippen LogP contribution < -0.4 is 5.32 Å². The number of hydrogen-bond acceptors (Lipinski definition) is 2. The zero-order valence-electron chi connectivity index (χ0n) is 14.0. The zero-order chi connectivity index (χ0) is 20.2. The van der Waals surface area contributed by atoms with Gasteiger partial charge in [-0.2, -0.15) is 26.3 Å². The van der Waals surface area contributed by atoms with Crippen LogP contribution in [0, 0.1) is 0 Å². The molecular weight excluding hydrogens is 376 g/mol. The lowest BCUT2D eigenvalue weighted by molar-refractivity contribution is -0.143. The van der Waals surface area contributed by atoms with Crippen molar-refractivity contribution in [2.24, 2.45) is 0 Å². The van der Waals surface area contributed by atoms with Crippen molar-refractivity contribution in [1.82, 2.24) is 5.32 Å². The second-order valence-corrected chi connectivity index (χ2v) is 5.77. The lowest BCUT2D eigenvalue weighted by Crippen LogP contribution is -2.28. The molecule has 0 saturated carbocycles. The predicted octanol–water partition coefficient (Wildman–Crippen LogP) is 5.71. The van der Waals surface area contributed by atoms with Gasteiger partial charge in [-0.1, -0.05) is 30.3 Å². The fourth-order valence-corrected chi connectivity index (χ4v) is 2.25. The van der Waals surface area contributed by atoms with Crippen LogP contribution in [0.2, 0.25) is 0 Å². The van der Waals surface area contributed by atoms with Crippen molar-refractivity contribution in [3.05, 3.63) is 70.8 Å². The Morgan fingerprint density at radius 3 is 1.96 bits per heavy atom. The van der Waals surface area contributed by atoms with E-state index in [2.05, 4.69) is 5.32 Å². The summed E-state index contributed by atoms with van der Waals surface area (Å²) in [6, 6.07) is 8.63. The first kappa shape index (κ1) is 20.6. The molecule has 27 heavy (non-hydrogen) atoms. The topological polar surface area (TPSA) is 38.3 Å². The largest absolute Gasteiger partial charge is 0.445 e. The Morgan fingerprint density at radius 1 is 0.963 bits per heavy atom. The molecule has 3 nitrogen and oxygen atoms in total. The molecule has 2 aromatic rings. The van der Waals surface area contributed by atoms with E-state index in [9.17, 15) is 31.1 Å². The van der Waals surface area contributed by atoms with Gasteiger partial charge in [0.25, 0.3) is 0 Å². The average Bonchev–Trinajstić information content (AvgIpc) is 2.59. The van der Waals surface area contributed by atoms with E-state index < -0.39 is 35.6 Å². The van der Waals surface area contributed by atoms with Gasteiger partial charge in [0.2, 0.25) is 0 Å². The van der Waals surface area contributed by atoms with Gasteiger partial charge in [-0.3, -0.25) is 0 Å². The van der Waals surface area contributed by atoms with Crippen molar-refractivity contribution < 1.29 is 35.9 Å². The van der Waals surface area contributed by atoms with E-state index in [-0.39, 0.29) is 18.2 Å². The number of benzene rings is 2. The molecule has 0 aliphatic heterocycles. The molecule has 1 amide bonds. The maximum atomic E-state index is 12.9. The highest BCUT2D eigenvalue weighted by Crippen LogP contribution is 2.37. The van der Waals surface area contributed by atoms with E-state index in [1.165, 1.54) is 6.92 Å². The summed E-state index contributed by atoms with van der Waals surface area (Å²) in [6.45, 7) is 1.18. The van der Waals surface area contributed by atoms with Crippen molar-refractivity contribution in [1.29, 1.82) is 0 Å². The molecule has 0 heterocycles. The highest BCUT2D eigenvalue weighted by molar-refractivity contribution is 5.68. The first-order valence-corrected chi connectivity index (χ1v) is 7.73. The normalized spacial score (nSPS) is 13.1. The fraction of sp³-hybridized carbons (Fsp3) is 0.278. The maximum absolute atomic E-state index is 12.9. The summed E-state index contributed by atoms with van der Waals surface area (Å²) in [6.07, 6.45) is -10.9. The number of rotatable bonds is 4. The number of halogens is 6. The standard InChI is InChI=1S/C18H15F6NO2/c1-11(25-16(26)27-10-12-5-3-2-4-6-12)13-7-14(17(19,20)21)9-15(8-13)18(22,23)24/h2-9,11H,10H2,1H3,(H,25,26). The summed E-state index contributed by atoms with van der Waals surface area (Å²) in [5, 5.41) is 2.23. The summed E-state index contributed by atoms with van der Waals surface area (Å²) >= 11 is 0. The van der Waals surface area contributed by atoms with Gasteiger partial charge in [-0.25, -0.2) is 4.79 Å². The minimum Gasteiger partial charge on any atom is -0.445 e. The fourth-order valence-electron chi connectivity index (χ4n) is 2.25. The van der Waals surface area contributed by atoms with Crippen LogP contribution >= 0.6 is 0 Å². The van der Waals surface area contributed by atoms with E-state index in [1.807, 2.05) is 0 Å². The summed E-state index contributed by atoms with van der Waals surface area (Å²) in [5.74, 6) is 0. The van der Waals surface area contributed by atoms with Crippen LogP contribution in [-0.4, -0.2) is 6.09 Å². The first-order chi connectivity index (χ1) is 12.5. The minimum absolute atomic E-state index is 0.0317. The molecule has 1 N–H and O–H groups in total. The van der Waals surface area contributed by atoms with E-state index in [1.54, 1.807) is 30.3 Å². The predicted molar refractivity (Wildman–Crippen MR) is 84.6 cm³/mol. The highest BCUT2D eigenvalue weighted by atomic mass is 19.4. The molecule has 0 bridgehead atoms. The van der Waals surface area contributed by atoms with Crippen molar-refractivity contribution in [3.8, 4) is 0 Å². The molecule has 9 heteroatoms. The van der Waals surface area contributed by atoms with Crippen LogP contribution in [0.3, 0.4) is 0 Å². The molecule has 2 rings (SSSR count). The summed E-state index contributed by atoms with van der Waals surface area (Å²) in [4.78, 5) is 11.8. The minimum atomic E-state index is -4.95. The average molecular weight is 391 g/mol. The molecule has 1 atom stereocenters. The number of hydrogen-bond donors (Lipinski definition) is 1. The van der Waals surface area contributed by atoms with Crippen LogP contribution in [0.1, 0.15) is 35.2 Å². The molecule has 1 unspecified atom stereocenters. The zero-order valence-corrected chi connectivity index (χ0v) is 14.0. The lowest BCUT2D eigenvalue weighted by Gasteiger charge is -2.19. The lowest BCUT2D eigenvalue weighted by atomic mass is 10.0. The molecule has 0 radical (unpaired) electrons. The van der Waals surface area contributed by atoms with E-state index >= 15 is 0 Å². The molecule has 0 aliphatic rings. The van der Waals surface area contributed by atoms with Crippen molar-refractivity contribution in [2.75, 3.05) is 0 Å². The summed E-state index contributed by atoms with van der Waals surface area (Å²) < 4.78 is 82.3. The van der Waals surface area contributed by atoms with E-state index in [0.717, 1.165) is 0 Å². The Hall–Kier alpha value is -2.71. The number of alkyl carbamates (subject to hydrolysis) is 1. The van der Waals surface area contributed by atoms with Gasteiger partial charge in [0.15, 0.2) is 0 Å². The quantitative estimate of drug-likeness (QED) is 0.678. The second kappa shape index (κ2) is 7.89. The molecular formula is C18H15F6NO2. The van der Waals surface area contributed by atoms with E-state index in [4.69, 9.17) is 4.74 Å². The van der Waals surface area contributed by atoms with Crippen molar-refractivity contribution >= 4 is 6.09 Å². The first-order valence-electron chi connectivity index (χ1n) is 7.73. The third kappa shape index (κ3) is 5.90. The smallest absolute Gasteiger partial charge is 0.416 e. The third-order valence-corrected chi connectivity index (χ3v) is 3.66. The number of carbonyl (C=O) groups excluding carboxylic acids is 1. The Balaban J connectivity index is 2.14. The maximum Gasteiger partial charge on any atom is 0.416 e. The van der Waals surface area contributed by atoms with Gasteiger partial charge < -0.3 is 10.1 Å². The van der Waals surface area contributed by atoms with Crippen LogP contribution in [0.5, 0.6) is 0 Å². The highest BCUT2D eigenvalue weighted by Gasteiger charge is 2.37. The number of alkyl halides is 6.